The highest BCUT2D eigenvalue weighted by atomic mass is 32.1. The molecular weight excluding hydrogens is 282 g/mol. The smallest absolute Gasteiger partial charge is 0.267 e. The Hall–Kier alpha value is -1.12. The highest BCUT2D eigenvalue weighted by molar-refractivity contribution is 7.80. The van der Waals surface area contributed by atoms with E-state index in [1.54, 1.807) is 0 Å². The number of aryl methyl sites for hydroxylation is 1. The number of thiocarbonyl (C=S) groups is 1. The van der Waals surface area contributed by atoms with Crippen LogP contribution < -0.4 is 5.73 Å². The van der Waals surface area contributed by atoms with Gasteiger partial charge in [0.2, 0.25) is 0 Å². The van der Waals surface area contributed by atoms with Crippen LogP contribution in [0.15, 0.2) is 0 Å². The fourth-order valence-corrected chi connectivity index (χ4v) is 2.98. The zero-order chi connectivity index (χ0) is 13.8. The molecule has 2 rings (SSSR count). The van der Waals surface area contributed by atoms with Crippen molar-refractivity contribution in [1.82, 2.24) is 19.4 Å². The molecule has 0 radical (unpaired) electrons. The first-order chi connectivity index (χ1) is 9.11. The van der Waals surface area contributed by atoms with E-state index >= 15 is 0 Å². The maximum atomic E-state index is 12.4. The molecule has 0 aliphatic carbocycles. The Morgan fingerprint density at radius 3 is 2.68 bits per heavy atom. The molecule has 1 fully saturated rings. The van der Waals surface area contributed by atoms with Gasteiger partial charge in [-0.2, -0.15) is 0 Å². The van der Waals surface area contributed by atoms with Gasteiger partial charge in [0.15, 0.2) is 0 Å². The molecule has 2 heterocycles. The normalized spacial score (nSPS) is 16.6. The van der Waals surface area contributed by atoms with Gasteiger partial charge in [-0.1, -0.05) is 23.6 Å². The molecule has 0 unspecified atom stereocenters. The van der Waals surface area contributed by atoms with Crippen molar-refractivity contribution in [2.75, 3.05) is 32.7 Å². The first kappa shape index (κ1) is 14.3. The number of hydrogen-bond donors (Lipinski definition) is 1. The number of amides is 1. The summed E-state index contributed by atoms with van der Waals surface area (Å²) in [5.41, 5.74) is 6.32. The Labute approximate surface area is 121 Å². The van der Waals surface area contributed by atoms with Crippen molar-refractivity contribution in [3.8, 4) is 0 Å². The lowest BCUT2D eigenvalue weighted by Crippen LogP contribution is -2.50. The predicted molar refractivity (Wildman–Crippen MR) is 78.4 cm³/mol. The second kappa shape index (κ2) is 6.36. The van der Waals surface area contributed by atoms with Crippen molar-refractivity contribution in [2.45, 2.75) is 13.3 Å². The quantitative estimate of drug-likeness (QED) is 0.797. The summed E-state index contributed by atoms with van der Waals surface area (Å²) in [4.78, 5) is 17.5. The summed E-state index contributed by atoms with van der Waals surface area (Å²) in [6, 6.07) is 0. The molecule has 1 amide bonds. The lowest BCUT2D eigenvalue weighted by atomic mass is 10.2. The summed E-state index contributed by atoms with van der Waals surface area (Å²) in [7, 11) is 0. The molecule has 8 heteroatoms. The standard InChI is InChI=1S/C11H17N5OS2/c1-2-8-10(19-14-13-8)11(17)16-5-3-15(4-6-16)7-9(12)18/h2-7H2,1H3,(H2,12,18). The Bertz CT molecular complexity index is 467. The van der Waals surface area contributed by atoms with Crippen molar-refractivity contribution >= 4 is 34.6 Å². The summed E-state index contributed by atoms with van der Waals surface area (Å²) in [5.74, 6) is 0.0434. The molecule has 1 aliphatic rings. The van der Waals surface area contributed by atoms with E-state index in [0.717, 1.165) is 25.2 Å². The first-order valence-corrected chi connectivity index (χ1v) is 7.41. The van der Waals surface area contributed by atoms with Gasteiger partial charge < -0.3 is 10.6 Å². The van der Waals surface area contributed by atoms with E-state index in [-0.39, 0.29) is 5.91 Å². The maximum absolute atomic E-state index is 12.4. The van der Waals surface area contributed by atoms with Gasteiger partial charge in [-0.05, 0) is 18.0 Å². The van der Waals surface area contributed by atoms with Crippen LogP contribution in [0.4, 0.5) is 0 Å². The molecule has 2 N–H and O–H groups in total. The molecule has 1 saturated heterocycles. The zero-order valence-corrected chi connectivity index (χ0v) is 12.5. The molecule has 0 atom stereocenters. The van der Waals surface area contributed by atoms with Crippen LogP contribution in [-0.2, 0) is 6.42 Å². The van der Waals surface area contributed by atoms with E-state index in [4.69, 9.17) is 18.0 Å². The summed E-state index contributed by atoms with van der Waals surface area (Å²) in [5, 5.41) is 3.98. The third-order valence-corrected chi connectivity index (χ3v) is 4.01. The third kappa shape index (κ3) is 3.46. The van der Waals surface area contributed by atoms with Gasteiger partial charge in [0.1, 0.15) is 4.88 Å². The molecule has 19 heavy (non-hydrogen) atoms. The molecule has 0 saturated carbocycles. The van der Waals surface area contributed by atoms with E-state index in [1.165, 1.54) is 11.5 Å². The van der Waals surface area contributed by atoms with Gasteiger partial charge in [0.25, 0.3) is 5.91 Å². The number of aromatic nitrogens is 2. The fourth-order valence-electron chi connectivity index (χ4n) is 2.08. The Morgan fingerprint density at radius 1 is 1.42 bits per heavy atom. The predicted octanol–water partition coefficient (Wildman–Crippen LogP) is 0.144. The van der Waals surface area contributed by atoms with Gasteiger partial charge >= 0.3 is 0 Å². The molecule has 0 aromatic carbocycles. The van der Waals surface area contributed by atoms with Crippen LogP contribution >= 0.6 is 23.8 Å². The van der Waals surface area contributed by atoms with Crippen molar-refractivity contribution in [3.63, 3.8) is 0 Å². The number of carbonyl (C=O) groups is 1. The Kier molecular flexibility index (Phi) is 4.78. The van der Waals surface area contributed by atoms with Gasteiger partial charge in [-0.15, -0.1) is 5.10 Å². The van der Waals surface area contributed by atoms with Crippen LogP contribution in [0, 0.1) is 0 Å². The van der Waals surface area contributed by atoms with Crippen LogP contribution in [0.5, 0.6) is 0 Å². The molecule has 6 nitrogen and oxygen atoms in total. The van der Waals surface area contributed by atoms with Gasteiger partial charge in [-0.3, -0.25) is 9.69 Å². The SMILES string of the molecule is CCc1nnsc1C(=O)N1CCN(CC(N)=S)CC1. The highest BCUT2D eigenvalue weighted by Gasteiger charge is 2.25. The van der Waals surface area contributed by atoms with Gasteiger partial charge in [-0.25, -0.2) is 0 Å². The second-order valence-electron chi connectivity index (χ2n) is 4.44. The number of rotatable bonds is 4. The Morgan fingerprint density at radius 2 is 2.11 bits per heavy atom. The first-order valence-electron chi connectivity index (χ1n) is 6.23. The topological polar surface area (TPSA) is 75.4 Å². The van der Waals surface area contributed by atoms with Crippen LogP contribution in [0.3, 0.4) is 0 Å². The Balaban J connectivity index is 1.94. The largest absolute Gasteiger partial charge is 0.392 e. The van der Waals surface area contributed by atoms with Crippen LogP contribution in [0.2, 0.25) is 0 Å². The number of piperazine rings is 1. The minimum atomic E-state index is 0.0434. The fraction of sp³-hybridized carbons (Fsp3) is 0.636. The maximum Gasteiger partial charge on any atom is 0.267 e. The van der Waals surface area contributed by atoms with Crippen molar-refractivity contribution in [2.24, 2.45) is 5.73 Å². The average molecular weight is 299 g/mol. The number of nitrogens with zero attached hydrogens (tertiary/aromatic N) is 4. The molecule has 0 spiro atoms. The molecular formula is C11H17N5OS2. The summed E-state index contributed by atoms with van der Waals surface area (Å²) >= 11 is 6.08. The summed E-state index contributed by atoms with van der Waals surface area (Å²) in [6.07, 6.45) is 0.735. The van der Waals surface area contributed by atoms with E-state index in [9.17, 15) is 4.79 Å². The third-order valence-electron chi connectivity index (χ3n) is 3.12. The molecule has 1 aromatic heterocycles. The zero-order valence-electron chi connectivity index (χ0n) is 10.8. The number of carbonyl (C=O) groups excluding carboxylic acids is 1. The van der Waals surface area contributed by atoms with Crippen LogP contribution in [0.25, 0.3) is 0 Å². The van der Waals surface area contributed by atoms with Gasteiger partial charge in [0.05, 0.1) is 10.7 Å². The van der Waals surface area contributed by atoms with Crippen molar-refractivity contribution in [1.29, 1.82) is 0 Å². The lowest BCUT2D eigenvalue weighted by molar-refractivity contribution is 0.0658. The van der Waals surface area contributed by atoms with Gasteiger partial charge in [0, 0.05) is 32.7 Å². The summed E-state index contributed by atoms with van der Waals surface area (Å²) < 4.78 is 3.86. The second-order valence-corrected chi connectivity index (χ2v) is 5.72. The summed E-state index contributed by atoms with van der Waals surface area (Å²) in [6.45, 7) is 5.60. The minimum Gasteiger partial charge on any atom is -0.392 e. The molecule has 1 aromatic rings. The lowest BCUT2D eigenvalue weighted by Gasteiger charge is -2.34. The minimum absolute atomic E-state index is 0.0434. The highest BCUT2D eigenvalue weighted by Crippen LogP contribution is 2.15. The van der Waals surface area contributed by atoms with E-state index in [0.29, 0.717) is 29.5 Å². The monoisotopic (exact) mass is 299 g/mol. The average Bonchev–Trinajstić information content (AvgIpc) is 2.86. The van der Waals surface area contributed by atoms with E-state index in [1.807, 2.05) is 11.8 Å². The van der Waals surface area contributed by atoms with E-state index in [2.05, 4.69) is 14.5 Å². The van der Waals surface area contributed by atoms with E-state index < -0.39 is 0 Å². The van der Waals surface area contributed by atoms with Crippen LogP contribution in [0.1, 0.15) is 22.3 Å². The molecule has 1 aliphatic heterocycles. The molecule has 104 valence electrons. The van der Waals surface area contributed by atoms with Crippen LogP contribution in [-0.4, -0.2) is 63.0 Å². The number of nitrogens with two attached hydrogens (primary N) is 1. The van der Waals surface area contributed by atoms with Crippen molar-refractivity contribution < 1.29 is 4.79 Å². The van der Waals surface area contributed by atoms with Crippen molar-refractivity contribution in [3.05, 3.63) is 10.6 Å². The number of hydrogen-bond acceptors (Lipinski definition) is 6. The molecule has 0 bridgehead atoms.